The van der Waals surface area contributed by atoms with Gasteiger partial charge in [-0.25, -0.2) is 5.43 Å². The molecule has 126 valence electrons. The maximum absolute atomic E-state index is 11.7. The lowest BCUT2D eigenvalue weighted by molar-refractivity contribution is -0.123. The van der Waals surface area contributed by atoms with E-state index in [0.717, 1.165) is 16.9 Å². The average Bonchev–Trinajstić information content (AvgIpc) is 3.06. The highest BCUT2D eigenvalue weighted by Crippen LogP contribution is 2.21. The van der Waals surface area contributed by atoms with E-state index in [4.69, 9.17) is 9.15 Å². The maximum Gasteiger partial charge on any atom is 0.277 e. The fourth-order valence-electron chi connectivity index (χ4n) is 2.25. The van der Waals surface area contributed by atoms with Gasteiger partial charge in [0.15, 0.2) is 6.61 Å². The van der Waals surface area contributed by atoms with Crippen molar-refractivity contribution in [3.8, 4) is 16.9 Å². The van der Waals surface area contributed by atoms with Gasteiger partial charge in [-0.1, -0.05) is 42.5 Å². The summed E-state index contributed by atoms with van der Waals surface area (Å²) in [4.78, 5) is 11.7. The normalized spacial score (nSPS) is 10.8. The number of hydrogen-bond donors (Lipinski definition) is 1. The highest BCUT2D eigenvalue weighted by atomic mass is 16.5. The van der Waals surface area contributed by atoms with Gasteiger partial charge in [-0.05, 0) is 42.3 Å². The number of aryl methyl sites for hydroxylation is 1. The molecule has 0 fully saturated rings. The zero-order valence-electron chi connectivity index (χ0n) is 13.8. The molecule has 0 radical (unpaired) electrons. The second kappa shape index (κ2) is 7.97. The number of nitrogens with zero attached hydrogens (tertiary/aromatic N) is 1. The minimum atomic E-state index is -0.341. The SMILES string of the molecule is Cc1ccc(/C=N\NC(=O)COc2ccc(-c3ccccc3)cc2)o1. The molecule has 0 bridgehead atoms. The number of amides is 1. The molecule has 1 N–H and O–H groups in total. The molecule has 1 heterocycles. The van der Waals surface area contributed by atoms with Crippen molar-refractivity contribution >= 4 is 12.1 Å². The summed E-state index contributed by atoms with van der Waals surface area (Å²) in [5.74, 6) is 1.65. The number of carbonyl (C=O) groups is 1. The van der Waals surface area contributed by atoms with E-state index in [-0.39, 0.29) is 12.5 Å². The summed E-state index contributed by atoms with van der Waals surface area (Å²) in [5, 5.41) is 3.82. The Morgan fingerprint density at radius 3 is 2.44 bits per heavy atom. The third-order valence-corrected chi connectivity index (χ3v) is 3.47. The van der Waals surface area contributed by atoms with E-state index in [1.807, 2.05) is 67.6 Å². The maximum atomic E-state index is 11.7. The second-order valence-corrected chi connectivity index (χ2v) is 5.42. The molecule has 25 heavy (non-hydrogen) atoms. The lowest BCUT2D eigenvalue weighted by atomic mass is 10.1. The van der Waals surface area contributed by atoms with Crippen LogP contribution in [0.5, 0.6) is 5.75 Å². The van der Waals surface area contributed by atoms with Crippen molar-refractivity contribution in [3.05, 3.63) is 78.3 Å². The minimum Gasteiger partial charge on any atom is -0.484 e. The van der Waals surface area contributed by atoms with E-state index in [2.05, 4.69) is 10.5 Å². The quantitative estimate of drug-likeness (QED) is 0.551. The lowest BCUT2D eigenvalue weighted by Gasteiger charge is -2.06. The Balaban J connectivity index is 1.48. The van der Waals surface area contributed by atoms with Crippen molar-refractivity contribution in [1.82, 2.24) is 5.43 Å². The minimum absolute atomic E-state index is 0.112. The van der Waals surface area contributed by atoms with Gasteiger partial charge in [0.25, 0.3) is 5.91 Å². The van der Waals surface area contributed by atoms with Crippen molar-refractivity contribution in [2.45, 2.75) is 6.92 Å². The molecule has 1 aromatic heterocycles. The Hall–Kier alpha value is -3.34. The van der Waals surface area contributed by atoms with E-state index in [1.54, 1.807) is 6.07 Å². The summed E-state index contributed by atoms with van der Waals surface area (Å²) in [6.45, 7) is 1.73. The zero-order chi connectivity index (χ0) is 17.5. The van der Waals surface area contributed by atoms with Crippen molar-refractivity contribution in [2.75, 3.05) is 6.61 Å². The third kappa shape index (κ3) is 4.81. The topological polar surface area (TPSA) is 63.8 Å². The molecule has 0 aliphatic carbocycles. The van der Waals surface area contributed by atoms with Gasteiger partial charge >= 0.3 is 0 Å². The number of nitrogens with one attached hydrogen (secondary N) is 1. The van der Waals surface area contributed by atoms with Gasteiger partial charge in [-0.3, -0.25) is 4.79 Å². The van der Waals surface area contributed by atoms with Crippen LogP contribution >= 0.6 is 0 Å². The molecule has 2 aromatic carbocycles. The van der Waals surface area contributed by atoms with Crippen molar-refractivity contribution in [1.29, 1.82) is 0 Å². The van der Waals surface area contributed by atoms with Gasteiger partial charge in [0.2, 0.25) is 0 Å². The van der Waals surface area contributed by atoms with Gasteiger partial charge in [0.05, 0.1) is 6.21 Å². The van der Waals surface area contributed by atoms with Crippen LogP contribution < -0.4 is 10.2 Å². The standard InChI is InChI=1S/C20H18N2O3/c1-15-7-10-19(25-15)13-21-22-20(23)14-24-18-11-8-17(9-12-18)16-5-3-2-4-6-16/h2-13H,14H2,1H3,(H,22,23)/b21-13-. The van der Waals surface area contributed by atoms with Crippen LogP contribution in [0.3, 0.4) is 0 Å². The first-order valence-corrected chi connectivity index (χ1v) is 7.87. The summed E-state index contributed by atoms with van der Waals surface area (Å²) in [7, 11) is 0. The number of rotatable bonds is 6. The predicted molar refractivity (Wildman–Crippen MR) is 96.6 cm³/mol. The van der Waals surface area contributed by atoms with E-state index >= 15 is 0 Å². The van der Waals surface area contributed by atoms with Crippen LogP contribution in [0.2, 0.25) is 0 Å². The summed E-state index contributed by atoms with van der Waals surface area (Å²) < 4.78 is 10.8. The first-order valence-electron chi connectivity index (χ1n) is 7.87. The number of carbonyl (C=O) groups excluding carboxylic acids is 1. The third-order valence-electron chi connectivity index (χ3n) is 3.47. The van der Waals surface area contributed by atoms with Crippen LogP contribution in [0.15, 0.2) is 76.2 Å². The lowest BCUT2D eigenvalue weighted by Crippen LogP contribution is -2.24. The number of hydrogen-bond acceptors (Lipinski definition) is 4. The number of benzene rings is 2. The van der Waals surface area contributed by atoms with Crippen LogP contribution in [0.25, 0.3) is 11.1 Å². The highest BCUT2D eigenvalue weighted by Gasteiger charge is 2.03. The van der Waals surface area contributed by atoms with Gasteiger partial charge in [0, 0.05) is 0 Å². The molecule has 0 aliphatic heterocycles. The molecule has 3 rings (SSSR count). The average molecular weight is 334 g/mol. The van der Waals surface area contributed by atoms with Gasteiger partial charge in [-0.2, -0.15) is 5.10 Å². The fraction of sp³-hybridized carbons (Fsp3) is 0.100. The van der Waals surface area contributed by atoms with Crippen molar-refractivity contribution < 1.29 is 13.9 Å². The molecular weight excluding hydrogens is 316 g/mol. The van der Waals surface area contributed by atoms with E-state index in [0.29, 0.717) is 11.5 Å². The van der Waals surface area contributed by atoms with Crippen molar-refractivity contribution in [2.24, 2.45) is 5.10 Å². The van der Waals surface area contributed by atoms with Crippen LogP contribution in [-0.2, 0) is 4.79 Å². The first kappa shape index (κ1) is 16.5. The van der Waals surface area contributed by atoms with E-state index in [1.165, 1.54) is 6.21 Å². The molecule has 0 aliphatic rings. The van der Waals surface area contributed by atoms with Gasteiger partial charge in [-0.15, -0.1) is 0 Å². The molecule has 0 atom stereocenters. The summed E-state index contributed by atoms with van der Waals surface area (Å²) in [6.07, 6.45) is 1.44. The molecular formula is C20H18N2O3. The van der Waals surface area contributed by atoms with Crippen LogP contribution in [-0.4, -0.2) is 18.7 Å². The smallest absolute Gasteiger partial charge is 0.277 e. The predicted octanol–water partition coefficient (Wildman–Crippen LogP) is 3.78. The molecule has 5 nitrogen and oxygen atoms in total. The largest absolute Gasteiger partial charge is 0.484 e. The Morgan fingerprint density at radius 2 is 1.76 bits per heavy atom. The summed E-state index contributed by atoms with van der Waals surface area (Å²) >= 11 is 0. The second-order valence-electron chi connectivity index (χ2n) is 5.42. The van der Waals surface area contributed by atoms with Gasteiger partial charge in [0.1, 0.15) is 17.3 Å². The Labute approximate surface area is 145 Å². The molecule has 0 unspecified atom stereocenters. The van der Waals surface area contributed by atoms with E-state index in [9.17, 15) is 4.79 Å². The zero-order valence-corrected chi connectivity index (χ0v) is 13.8. The Bertz CT molecular complexity index is 852. The van der Waals surface area contributed by atoms with Crippen LogP contribution in [0.4, 0.5) is 0 Å². The number of furan rings is 1. The Kier molecular flexibility index (Phi) is 5.26. The number of ether oxygens (including phenoxy) is 1. The summed E-state index contributed by atoms with van der Waals surface area (Å²) in [5.41, 5.74) is 4.62. The molecule has 0 spiro atoms. The number of hydrazone groups is 1. The van der Waals surface area contributed by atoms with Crippen LogP contribution in [0.1, 0.15) is 11.5 Å². The van der Waals surface area contributed by atoms with Gasteiger partial charge < -0.3 is 9.15 Å². The molecule has 0 saturated carbocycles. The van der Waals surface area contributed by atoms with Crippen molar-refractivity contribution in [3.63, 3.8) is 0 Å². The summed E-state index contributed by atoms with van der Waals surface area (Å²) in [6, 6.07) is 21.2. The molecule has 3 aromatic rings. The monoisotopic (exact) mass is 334 g/mol. The molecule has 1 amide bonds. The van der Waals surface area contributed by atoms with Crippen LogP contribution in [0, 0.1) is 6.92 Å². The van der Waals surface area contributed by atoms with E-state index < -0.39 is 0 Å². The highest BCUT2D eigenvalue weighted by molar-refractivity contribution is 5.81. The molecule has 5 heteroatoms. The fourth-order valence-corrected chi connectivity index (χ4v) is 2.25. The first-order chi connectivity index (χ1) is 12.2. The molecule has 0 saturated heterocycles. The Morgan fingerprint density at radius 1 is 1.04 bits per heavy atom.